The maximum Gasteiger partial charge on any atom is 0.220 e. The summed E-state index contributed by atoms with van der Waals surface area (Å²) in [6.45, 7) is 11.1. The van der Waals surface area contributed by atoms with Crippen molar-refractivity contribution in [2.75, 3.05) is 26.7 Å². The molecule has 0 aromatic heterocycles. The zero-order chi connectivity index (χ0) is 14.8. The first-order valence-corrected chi connectivity index (χ1v) is 7.55. The average molecular weight is 271 g/mol. The zero-order valence-electron chi connectivity index (χ0n) is 13.4. The number of amides is 1. The van der Waals surface area contributed by atoms with Gasteiger partial charge in [-0.3, -0.25) is 4.79 Å². The van der Waals surface area contributed by atoms with E-state index in [0.717, 1.165) is 25.9 Å². The molecule has 0 radical (unpaired) electrons. The lowest BCUT2D eigenvalue weighted by molar-refractivity contribution is -0.121. The lowest BCUT2D eigenvalue weighted by Gasteiger charge is -2.22. The normalized spacial score (nSPS) is 13.3. The van der Waals surface area contributed by atoms with Gasteiger partial charge in [-0.15, -0.1) is 0 Å². The molecule has 114 valence electrons. The monoisotopic (exact) mass is 271 g/mol. The Morgan fingerprint density at radius 2 is 1.84 bits per heavy atom. The number of carbonyl (C=O) groups excluding carboxylic acids is 1. The third kappa shape index (κ3) is 9.00. The summed E-state index contributed by atoms with van der Waals surface area (Å²) in [5.74, 6) is 1.33. The van der Waals surface area contributed by atoms with Gasteiger partial charge in [0.1, 0.15) is 0 Å². The van der Waals surface area contributed by atoms with Gasteiger partial charge >= 0.3 is 0 Å². The van der Waals surface area contributed by atoms with Crippen LogP contribution in [-0.4, -0.2) is 43.5 Å². The van der Waals surface area contributed by atoms with Crippen molar-refractivity contribution in [3.63, 3.8) is 0 Å². The molecule has 0 aliphatic carbocycles. The molecule has 1 atom stereocenters. The lowest BCUT2D eigenvalue weighted by atomic mass is 9.88. The Bertz CT molecular complexity index is 242. The maximum absolute atomic E-state index is 11.8. The largest absolute Gasteiger partial charge is 0.355 e. The highest BCUT2D eigenvalue weighted by molar-refractivity contribution is 5.75. The van der Waals surface area contributed by atoms with Crippen LogP contribution in [0, 0.1) is 11.8 Å². The van der Waals surface area contributed by atoms with Crippen molar-refractivity contribution in [3.05, 3.63) is 0 Å². The van der Waals surface area contributed by atoms with E-state index in [2.05, 4.69) is 45.0 Å². The molecule has 0 rings (SSSR count). The van der Waals surface area contributed by atoms with Crippen molar-refractivity contribution < 1.29 is 4.79 Å². The van der Waals surface area contributed by atoms with Crippen LogP contribution in [0.3, 0.4) is 0 Å². The summed E-state index contributed by atoms with van der Waals surface area (Å²) in [4.78, 5) is 14.0. The second-order valence-electron chi connectivity index (χ2n) is 6.04. The summed E-state index contributed by atoms with van der Waals surface area (Å²) in [5.41, 5.74) is 5.61. The molecule has 1 amide bonds. The van der Waals surface area contributed by atoms with Gasteiger partial charge in [-0.05, 0) is 52.1 Å². The predicted molar refractivity (Wildman–Crippen MR) is 82.0 cm³/mol. The molecule has 0 aliphatic rings. The van der Waals surface area contributed by atoms with E-state index in [4.69, 9.17) is 5.73 Å². The first-order chi connectivity index (χ1) is 8.88. The van der Waals surface area contributed by atoms with Gasteiger partial charge in [0.15, 0.2) is 0 Å². The molecule has 0 saturated carbocycles. The van der Waals surface area contributed by atoms with E-state index in [1.165, 1.54) is 0 Å². The number of nitrogens with one attached hydrogen (secondary N) is 1. The number of carbonyl (C=O) groups is 1. The summed E-state index contributed by atoms with van der Waals surface area (Å²) in [6, 6.07) is 0.520. The van der Waals surface area contributed by atoms with Gasteiger partial charge in [0, 0.05) is 25.6 Å². The summed E-state index contributed by atoms with van der Waals surface area (Å²) in [7, 11) is 2.08. The average Bonchev–Trinajstić information content (AvgIpc) is 2.33. The third-order valence-electron chi connectivity index (χ3n) is 3.89. The van der Waals surface area contributed by atoms with E-state index < -0.39 is 0 Å². The summed E-state index contributed by atoms with van der Waals surface area (Å²) in [5, 5.41) is 2.99. The van der Waals surface area contributed by atoms with Crippen molar-refractivity contribution >= 4 is 5.91 Å². The molecule has 0 aromatic carbocycles. The minimum atomic E-state index is 0.167. The Balaban J connectivity index is 3.79. The van der Waals surface area contributed by atoms with E-state index in [1.807, 2.05) is 0 Å². The Morgan fingerprint density at radius 3 is 2.32 bits per heavy atom. The molecule has 0 fully saturated rings. The molecule has 0 aliphatic heterocycles. The van der Waals surface area contributed by atoms with E-state index in [0.29, 0.717) is 30.8 Å². The van der Waals surface area contributed by atoms with Crippen molar-refractivity contribution in [3.8, 4) is 0 Å². The van der Waals surface area contributed by atoms with Gasteiger partial charge in [0.2, 0.25) is 5.91 Å². The highest BCUT2D eigenvalue weighted by Crippen LogP contribution is 2.20. The van der Waals surface area contributed by atoms with Crippen LogP contribution in [0.25, 0.3) is 0 Å². The Hall–Kier alpha value is -0.610. The van der Waals surface area contributed by atoms with Crippen LogP contribution in [0.5, 0.6) is 0 Å². The van der Waals surface area contributed by atoms with E-state index in [1.54, 1.807) is 0 Å². The van der Waals surface area contributed by atoms with Gasteiger partial charge in [-0.2, -0.15) is 0 Å². The second kappa shape index (κ2) is 10.2. The number of hydrogen-bond donors (Lipinski definition) is 2. The topological polar surface area (TPSA) is 58.4 Å². The molecule has 4 nitrogen and oxygen atoms in total. The molecule has 19 heavy (non-hydrogen) atoms. The smallest absolute Gasteiger partial charge is 0.220 e. The molecule has 0 saturated heterocycles. The first kappa shape index (κ1) is 18.4. The molecule has 4 heteroatoms. The molecule has 0 bridgehead atoms. The van der Waals surface area contributed by atoms with Gasteiger partial charge in [-0.1, -0.05) is 13.8 Å². The van der Waals surface area contributed by atoms with Gasteiger partial charge in [-0.25, -0.2) is 0 Å². The van der Waals surface area contributed by atoms with E-state index in [9.17, 15) is 4.79 Å². The number of hydrogen-bond acceptors (Lipinski definition) is 3. The van der Waals surface area contributed by atoms with Crippen LogP contribution in [-0.2, 0) is 4.79 Å². The highest BCUT2D eigenvalue weighted by atomic mass is 16.1. The van der Waals surface area contributed by atoms with Gasteiger partial charge < -0.3 is 16.0 Å². The van der Waals surface area contributed by atoms with Crippen LogP contribution < -0.4 is 11.1 Å². The zero-order valence-corrected chi connectivity index (χ0v) is 13.4. The minimum Gasteiger partial charge on any atom is -0.355 e. The van der Waals surface area contributed by atoms with Crippen LogP contribution in [0.15, 0.2) is 0 Å². The fourth-order valence-corrected chi connectivity index (χ4v) is 2.06. The Morgan fingerprint density at radius 1 is 1.21 bits per heavy atom. The fourth-order valence-electron chi connectivity index (χ4n) is 2.06. The number of nitrogens with two attached hydrogens (primary N) is 1. The molecule has 0 spiro atoms. The molecule has 3 N–H and O–H groups in total. The standard InChI is InChI=1S/C15H33N3O/c1-12(2)14(8-9-16)6-7-15(19)17-10-11-18(5)13(3)4/h12-14H,6-11,16H2,1-5H3,(H,17,19). The number of nitrogens with zero attached hydrogens (tertiary/aromatic N) is 1. The summed E-state index contributed by atoms with van der Waals surface area (Å²) < 4.78 is 0. The molecular formula is C15H33N3O. The van der Waals surface area contributed by atoms with Gasteiger partial charge in [0.05, 0.1) is 0 Å². The van der Waals surface area contributed by atoms with E-state index in [-0.39, 0.29) is 5.91 Å². The predicted octanol–water partition coefficient (Wildman–Crippen LogP) is 1.84. The fraction of sp³-hybridized carbons (Fsp3) is 0.933. The van der Waals surface area contributed by atoms with Crippen molar-refractivity contribution in [2.45, 2.75) is 53.0 Å². The first-order valence-electron chi connectivity index (χ1n) is 7.55. The summed E-state index contributed by atoms with van der Waals surface area (Å²) >= 11 is 0. The van der Waals surface area contributed by atoms with Crippen molar-refractivity contribution in [1.82, 2.24) is 10.2 Å². The van der Waals surface area contributed by atoms with Crippen LogP contribution in [0.4, 0.5) is 0 Å². The second-order valence-corrected chi connectivity index (χ2v) is 6.04. The molecule has 0 aromatic rings. The molecular weight excluding hydrogens is 238 g/mol. The van der Waals surface area contributed by atoms with Crippen LogP contribution >= 0.6 is 0 Å². The van der Waals surface area contributed by atoms with E-state index >= 15 is 0 Å². The van der Waals surface area contributed by atoms with Crippen LogP contribution in [0.1, 0.15) is 47.0 Å². The molecule has 1 unspecified atom stereocenters. The number of rotatable bonds is 10. The SMILES string of the molecule is CC(C)C(CCN)CCC(=O)NCCN(C)C(C)C. The van der Waals surface area contributed by atoms with Crippen molar-refractivity contribution in [2.24, 2.45) is 17.6 Å². The quantitative estimate of drug-likeness (QED) is 0.637. The van der Waals surface area contributed by atoms with Gasteiger partial charge in [0.25, 0.3) is 0 Å². The molecule has 0 heterocycles. The van der Waals surface area contributed by atoms with Crippen LogP contribution in [0.2, 0.25) is 0 Å². The number of likely N-dealkylation sites (N-methyl/N-ethyl adjacent to an activating group) is 1. The lowest BCUT2D eigenvalue weighted by Crippen LogP contribution is -2.36. The third-order valence-corrected chi connectivity index (χ3v) is 3.89. The minimum absolute atomic E-state index is 0.167. The Labute approximate surface area is 119 Å². The maximum atomic E-state index is 11.8. The van der Waals surface area contributed by atoms with Crippen molar-refractivity contribution in [1.29, 1.82) is 0 Å². The Kier molecular flexibility index (Phi) is 9.88. The highest BCUT2D eigenvalue weighted by Gasteiger charge is 2.14. The summed E-state index contributed by atoms with van der Waals surface area (Å²) in [6.07, 6.45) is 2.58.